The van der Waals surface area contributed by atoms with Gasteiger partial charge < -0.3 is 5.32 Å². The zero-order valence-corrected chi connectivity index (χ0v) is 8.99. The minimum atomic E-state index is -0.348. The summed E-state index contributed by atoms with van der Waals surface area (Å²) < 4.78 is 0. The molecule has 0 aliphatic rings. The molecule has 4 nitrogen and oxygen atoms in total. The lowest BCUT2D eigenvalue weighted by atomic mass is 10.2. The molecule has 0 spiro atoms. The summed E-state index contributed by atoms with van der Waals surface area (Å²) in [5, 5.41) is 2.53. The van der Waals surface area contributed by atoms with Gasteiger partial charge in [-0.25, -0.2) is 0 Å². The Morgan fingerprint density at radius 2 is 2.07 bits per heavy atom. The van der Waals surface area contributed by atoms with Crippen LogP contribution in [0.4, 0.5) is 0 Å². The molecule has 1 amide bonds. The molecule has 0 aliphatic carbocycles. The van der Waals surface area contributed by atoms with Gasteiger partial charge in [0.1, 0.15) is 6.04 Å². The van der Waals surface area contributed by atoms with Crippen LogP contribution < -0.4 is 10.8 Å². The molecular formula is C11H16N2O2. The highest BCUT2D eigenvalue weighted by atomic mass is 16.6. The average Bonchev–Trinajstić information content (AvgIpc) is 2.29. The molecule has 2 N–H and O–H groups in total. The van der Waals surface area contributed by atoms with Gasteiger partial charge in [0.2, 0.25) is 5.91 Å². The zero-order chi connectivity index (χ0) is 11.1. The summed E-state index contributed by atoms with van der Waals surface area (Å²) in [5.74, 6) is -0.0944. The Hall–Kier alpha value is -1.39. The third kappa shape index (κ3) is 4.10. The van der Waals surface area contributed by atoms with Gasteiger partial charge >= 0.3 is 0 Å². The van der Waals surface area contributed by atoms with Gasteiger partial charge in [-0.3, -0.25) is 9.63 Å². The average molecular weight is 208 g/mol. The van der Waals surface area contributed by atoms with Gasteiger partial charge in [0.05, 0.1) is 6.61 Å². The summed E-state index contributed by atoms with van der Waals surface area (Å²) in [5.41, 5.74) is 3.73. The second-order valence-corrected chi connectivity index (χ2v) is 3.23. The molecule has 0 radical (unpaired) electrons. The first-order chi connectivity index (χ1) is 7.24. The smallest absolute Gasteiger partial charge is 0.238 e. The Morgan fingerprint density at radius 3 is 2.67 bits per heavy atom. The number of hydroxylamine groups is 1. The third-order valence-electron chi connectivity index (χ3n) is 1.98. The normalized spacial score (nSPS) is 12.1. The number of carbonyl (C=O) groups excluding carboxylic acids is 1. The summed E-state index contributed by atoms with van der Waals surface area (Å²) in [4.78, 5) is 16.3. The molecule has 0 saturated heterocycles. The van der Waals surface area contributed by atoms with Crippen molar-refractivity contribution < 1.29 is 9.63 Å². The number of amides is 1. The van der Waals surface area contributed by atoms with Crippen LogP contribution in [0.2, 0.25) is 0 Å². The molecule has 0 heterocycles. The minimum absolute atomic E-state index is 0.0944. The van der Waals surface area contributed by atoms with Crippen LogP contribution in [0.1, 0.15) is 12.5 Å². The fraction of sp³-hybridized carbons (Fsp3) is 0.364. The first-order valence-electron chi connectivity index (χ1n) is 4.87. The molecule has 4 heteroatoms. The molecule has 0 aliphatic heterocycles. The summed E-state index contributed by atoms with van der Waals surface area (Å²) in [6.07, 6.45) is 0. The summed E-state index contributed by atoms with van der Waals surface area (Å²) in [6.45, 7) is 2.19. The van der Waals surface area contributed by atoms with E-state index in [4.69, 9.17) is 4.84 Å². The van der Waals surface area contributed by atoms with Gasteiger partial charge in [-0.1, -0.05) is 30.3 Å². The van der Waals surface area contributed by atoms with Gasteiger partial charge in [-0.2, -0.15) is 5.48 Å². The van der Waals surface area contributed by atoms with Crippen LogP contribution >= 0.6 is 0 Å². The van der Waals surface area contributed by atoms with Crippen molar-refractivity contribution in [1.82, 2.24) is 10.8 Å². The van der Waals surface area contributed by atoms with E-state index in [0.717, 1.165) is 5.56 Å². The third-order valence-corrected chi connectivity index (χ3v) is 1.98. The monoisotopic (exact) mass is 208 g/mol. The number of nitrogens with one attached hydrogen (secondary N) is 2. The fourth-order valence-corrected chi connectivity index (χ4v) is 1.09. The minimum Gasteiger partial charge on any atom is -0.358 e. The van der Waals surface area contributed by atoms with E-state index in [9.17, 15) is 4.79 Å². The molecular weight excluding hydrogens is 192 g/mol. The van der Waals surface area contributed by atoms with Gasteiger partial charge in [0.15, 0.2) is 0 Å². The maximum absolute atomic E-state index is 11.1. The van der Waals surface area contributed by atoms with Gasteiger partial charge in [-0.15, -0.1) is 0 Å². The van der Waals surface area contributed by atoms with Crippen LogP contribution in [0.5, 0.6) is 0 Å². The van der Waals surface area contributed by atoms with E-state index in [1.54, 1.807) is 14.0 Å². The lowest BCUT2D eigenvalue weighted by Crippen LogP contribution is -2.40. The van der Waals surface area contributed by atoms with Crippen LogP contribution in [0.3, 0.4) is 0 Å². The summed E-state index contributed by atoms with van der Waals surface area (Å²) in [7, 11) is 1.59. The van der Waals surface area contributed by atoms with Crippen molar-refractivity contribution in [2.75, 3.05) is 7.05 Å². The Kier molecular flexibility index (Phi) is 4.80. The van der Waals surface area contributed by atoms with Crippen molar-refractivity contribution in [3.05, 3.63) is 35.9 Å². The molecule has 1 unspecified atom stereocenters. The number of likely N-dealkylation sites (N-methyl/N-ethyl adjacent to an activating group) is 1. The largest absolute Gasteiger partial charge is 0.358 e. The predicted octanol–water partition coefficient (Wildman–Crippen LogP) is 0.842. The highest BCUT2D eigenvalue weighted by Gasteiger charge is 2.09. The Balaban J connectivity index is 2.25. The SMILES string of the molecule is CNC(=O)C(C)NOCc1ccccc1. The Bertz CT molecular complexity index is 301. The van der Waals surface area contributed by atoms with E-state index < -0.39 is 0 Å². The van der Waals surface area contributed by atoms with Gasteiger partial charge in [0.25, 0.3) is 0 Å². The van der Waals surface area contributed by atoms with Crippen LogP contribution in [-0.4, -0.2) is 19.0 Å². The van der Waals surface area contributed by atoms with E-state index in [-0.39, 0.29) is 11.9 Å². The molecule has 1 aromatic rings. The highest BCUT2D eigenvalue weighted by Crippen LogP contribution is 1.99. The van der Waals surface area contributed by atoms with E-state index in [1.165, 1.54) is 0 Å². The van der Waals surface area contributed by atoms with E-state index in [2.05, 4.69) is 10.8 Å². The topological polar surface area (TPSA) is 50.4 Å². The Morgan fingerprint density at radius 1 is 1.40 bits per heavy atom. The quantitative estimate of drug-likeness (QED) is 0.705. The van der Waals surface area contributed by atoms with Crippen molar-refractivity contribution in [1.29, 1.82) is 0 Å². The van der Waals surface area contributed by atoms with E-state index in [1.807, 2.05) is 30.3 Å². The second kappa shape index (κ2) is 6.16. The molecule has 0 aromatic heterocycles. The first kappa shape index (κ1) is 11.7. The number of rotatable bonds is 5. The standard InChI is InChI=1S/C11H16N2O2/c1-9(11(14)12-2)13-15-8-10-6-4-3-5-7-10/h3-7,9,13H,8H2,1-2H3,(H,12,14). The van der Waals surface area contributed by atoms with Gasteiger partial charge in [0, 0.05) is 7.05 Å². The van der Waals surface area contributed by atoms with Gasteiger partial charge in [-0.05, 0) is 12.5 Å². The van der Waals surface area contributed by atoms with Crippen molar-refractivity contribution in [2.45, 2.75) is 19.6 Å². The molecule has 15 heavy (non-hydrogen) atoms. The van der Waals surface area contributed by atoms with Crippen LogP contribution in [-0.2, 0) is 16.2 Å². The number of carbonyl (C=O) groups is 1. The van der Waals surface area contributed by atoms with Crippen molar-refractivity contribution in [2.24, 2.45) is 0 Å². The number of hydrogen-bond donors (Lipinski definition) is 2. The number of hydrogen-bond acceptors (Lipinski definition) is 3. The Labute approximate surface area is 89.6 Å². The van der Waals surface area contributed by atoms with Crippen molar-refractivity contribution in [3.63, 3.8) is 0 Å². The van der Waals surface area contributed by atoms with E-state index >= 15 is 0 Å². The molecule has 0 fully saturated rings. The van der Waals surface area contributed by atoms with Crippen LogP contribution in [0.15, 0.2) is 30.3 Å². The molecule has 1 atom stereocenters. The summed E-state index contributed by atoms with van der Waals surface area (Å²) in [6, 6.07) is 9.42. The maximum atomic E-state index is 11.1. The van der Waals surface area contributed by atoms with Crippen LogP contribution in [0.25, 0.3) is 0 Å². The van der Waals surface area contributed by atoms with Crippen LogP contribution in [0, 0.1) is 0 Å². The maximum Gasteiger partial charge on any atom is 0.238 e. The number of benzene rings is 1. The van der Waals surface area contributed by atoms with E-state index in [0.29, 0.717) is 6.61 Å². The molecule has 1 rings (SSSR count). The predicted molar refractivity (Wildman–Crippen MR) is 57.9 cm³/mol. The molecule has 1 aromatic carbocycles. The lowest BCUT2D eigenvalue weighted by molar-refractivity contribution is -0.126. The lowest BCUT2D eigenvalue weighted by Gasteiger charge is -2.11. The second-order valence-electron chi connectivity index (χ2n) is 3.23. The highest BCUT2D eigenvalue weighted by molar-refractivity contribution is 5.80. The molecule has 0 bridgehead atoms. The zero-order valence-electron chi connectivity index (χ0n) is 8.99. The summed E-state index contributed by atoms with van der Waals surface area (Å²) >= 11 is 0. The molecule has 0 saturated carbocycles. The molecule has 82 valence electrons. The first-order valence-corrected chi connectivity index (χ1v) is 4.87. The van der Waals surface area contributed by atoms with Crippen molar-refractivity contribution >= 4 is 5.91 Å². The van der Waals surface area contributed by atoms with Crippen molar-refractivity contribution in [3.8, 4) is 0 Å². The fourth-order valence-electron chi connectivity index (χ4n) is 1.09.